The second-order valence-electron chi connectivity index (χ2n) is 5.29. The van der Waals surface area contributed by atoms with E-state index in [1.54, 1.807) is 25.1 Å². The lowest BCUT2D eigenvalue weighted by molar-refractivity contribution is -0.140. The fourth-order valence-electron chi connectivity index (χ4n) is 2.01. The van der Waals surface area contributed by atoms with Gasteiger partial charge in [-0.1, -0.05) is 13.0 Å². The highest BCUT2D eigenvalue weighted by molar-refractivity contribution is 5.89. The summed E-state index contributed by atoms with van der Waals surface area (Å²) in [5.41, 5.74) is 1.91. The molecule has 0 bridgehead atoms. The molecular weight excluding hydrogens is 258 g/mol. The number of carboxylic acids is 2. The Labute approximate surface area is 118 Å². The van der Waals surface area contributed by atoms with Crippen LogP contribution in [0.25, 0.3) is 0 Å². The van der Waals surface area contributed by atoms with Crippen LogP contribution in [0.5, 0.6) is 0 Å². The molecule has 0 spiro atoms. The summed E-state index contributed by atoms with van der Waals surface area (Å²) < 4.78 is 0. The number of aliphatic carboxylic acids is 1. The zero-order valence-corrected chi connectivity index (χ0v) is 12.3. The van der Waals surface area contributed by atoms with Crippen LogP contribution in [-0.2, 0) is 4.79 Å². The third kappa shape index (κ3) is 3.73. The Morgan fingerprint density at radius 2 is 1.80 bits per heavy atom. The van der Waals surface area contributed by atoms with E-state index >= 15 is 0 Å². The van der Waals surface area contributed by atoms with Gasteiger partial charge in [0.05, 0.1) is 11.5 Å². The van der Waals surface area contributed by atoms with E-state index < -0.39 is 17.9 Å². The molecule has 1 atom stereocenters. The van der Waals surface area contributed by atoms with Crippen LogP contribution in [0.3, 0.4) is 0 Å². The molecule has 0 radical (unpaired) electrons. The summed E-state index contributed by atoms with van der Waals surface area (Å²) in [6.07, 6.45) is 0. The summed E-state index contributed by atoms with van der Waals surface area (Å²) in [5, 5.41) is 18.1. The van der Waals surface area contributed by atoms with Crippen LogP contribution in [0.2, 0.25) is 0 Å². The van der Waals surface area contributed by atoms with Gasteiger partial charge in [0.25, 0.3) is 0 Å². The van der Waals surface area contributed by atoms with Gasteiger partial charge in [0.1, 0.15) is 0 Å². The number of aromatic carboxylic acids is 1. The van der Waals surface area contributed by atoms with E-state index in [1.165, 1.54) is 0 Å². The third-order valence-electron chi connectivity index (χ3n) is 3.28. The second-order valence-corrected chi connectivity index (χ2v) is 5.29. The highest BCUT2D eigenvalue weighted by Crippen LogP contribution is 2.25. The van der Waals surface area contributed by atoms with Crippen molar-refractivity contribution in [1.29, 1.82) is 0 Å². The summed E-state index contributed by atoms with van der Waals surface area (Å²) in [6.45, 7) is 7.80. The predicted molar refractivity (Wildman–Crippen MR) is 77.4 cm³/mol. The first-order valence-electron chi connectivity index (χ1n) is 6.57. The standard InChI is InChI=1S/C15H21NO4/c1-9(2)16(8-11(4)14(17)18)13-7-12(15(19)20)6-5-10(13)3/h5-7,9,11H,8H2,1-4H3,(H,17,18)(H,19,20). The topological polar surface area (TPSA) is 77.8 Å². The summed E-state index contributed by atoms with van der Waals surface area (Å²) in [6, 6.07) is 4.99. The number of rotatable bonds is 6. The molecule has 0 heterocycles. The minimum atomic E-state index is -0.985. The normalized spacial score (nSPS) is 12.2. The Morgan fingerprint density at radius 3 is 2.25 bits per heavy atom. The first-order valence-corrected chi connectivity index (χ1v) is 6.57. The number of benzene rings is 1. The van der Waals surface area contributed by atoms with Crippen molar-refractivity contribution in [2.75, 3.05) is 11.4 Å². The average Bonchev–Trinajstić information content (AvgIpc) is 2.35. The molecule has 0 aliphatic heterocycles. The zero-order valence-electron chi connectivity index (χ0n) is 12.3. The van der Waals surface area contributed by atoms with Gasteiger partial charge in [0.2, 0.25) is 0 Å². The highest BCUT2D eigenvalue weighted by Gasteiger charge is 2.21. The Hall–Kier alpha value is -2.04. The van der Waals surface area contributed by atoms with Gasteiger partial charge in [-0.3, -0.25) is 4.79 Å². The summed E-state index contributed by atoms with van der Waals surface area (Å²) in [7, 11) is 0. The molecule has 0 aliphatic carbocycles. The van der Waals surface area contributed by atoms with Crippen molar-refractivity contribution in [2.45, 2.75) is 33.7 Å². The maximum atomic E-state index is 11.1. The van der Waals surface area contributed by atoms with E-state index in [0.29, 0.717) is 6.54 Å². The molecule has 0 saturated heterocycles. The van der Waals surface area contributed by atoms with Crippen molar-refractivity contribution < 1.29 is 19.8 Å². The summed E-state index contributed by atoms with van der Waals surface area (Å²) in [4.78, 5) is 24.0. The monoisotopic (exact) mass is 279 g/mol. The van der Waals surface area contributed by atoms with Gasteiger partial charge < -0.3 is 15.1 Å². The SMILES string of the molecule is Cc1ccc(C(=O)O)cc1N(CC(C)C(=O)O)C(C)C. The molecular formula is C15H21NO4. The molecule has 20 heavy (non-hydrogen) atoms. The van der Waals surface area contributed by atoms with E-state index in [0.717, 1.165) is 11.3 Å². The quantitative estimate of drug-likeness (QED) is 0.837. The summed E-state index contributed by atoms with van der Waals surface area (Å²) >= 11 is 0. The van der Waals surface area contributed by atoms with Gasteiger partial charge in [-0.15, -0.1) is 0 Å². The minimum Gasteiger partial charge on any atom is -0.481 e. The number of nitrogens with zero attached hydrogens (tertiary/aromatic N) is 1. The van der Waals surface area contributed by atoms with Crippen molar-refractivity contribution in [3.63, 3.8) is 0 Å². The predicted octanol–water partition coefficient (Wildman–Crippen LogP) is 2.63. The van der Waals surface area contributed by atoms with Crippen molar-refractivity contribution in [3.05, 3.63) is 29.3 Å². The molecule has 0 aliphatic rings. The van der Waals surface area contributed by atoms with Crippen LogP contribution in [0.1, 0.15) is 36.7 Å². The summed E-state index contributed by atoms with van der Waals surface area (Å²) in [5.74, 6) is -2.37. The molecule has 0 aromatic heterocycles. The molecule has 2 N–H and O–H groups in total. The van der Waals surface area contributed by atoms with Gasteiger partial charge in [-0.2, -0.15) is 0 Å². The molecule has 1 aromatic rings. The smallest absolute Gasteiger partial charge is 0.335 e. The van der Waals surface area contributed by atoms with Crippen molar-refractivity contribution in [3.8, 4) is 0 Å². The van der Waals surface area contributed by atoms with Crippen LogP contribution < -0.4 is 4.90 Å². The van der Waals surface area contributed by atoms with Crippen LogP contribution in [0.15, 0.2) is 18.2 Å². The van der Waals surface area contributed by atoms with E-state index in [-0.39, 0.29) is 11.6 Å². The van der Waals surface area contributed by atoms with Gasteiger partial charge in [-0.05, 0) is 38.5 Å². The van der Waals surface area contributed by atoms with Crippen LogP contribution in [0.4, 0.5) is 5.69 Å². The fourth-order valence-corrected chi connectivity index (χ4v) is 2.01. The number of anilines is 1. The maximum Gasteiger partial charge on any atom is 0.335 e. The Kier molecular flexibility index (Phi) is 5.13. The molecule has 1 rings (SSSR count). The average molecular weight is 279 g/mol. The number of carboxylic acid groups (broad SMARTS) is 2. The Bertz CT molecular complexity index is 511. The lowest BCUT2D eigenvalue weighted by atomic mass is 10.1. The lowest BCUT2D eigenvalue weighted by Crippen LogP contribution is -2.37. The molecule has 0 amide bonds. The molecule has 5 nitrogen and oxygen atoms in total. The van der Waals surface area contributed by atoms with Crippen molar-refractivity contribution >= 4 is 17.6 Å². The van der Waals surface area contributed by atoms with E-state index in [4.69, 9.17) is 10.2 Å². The molecule has 5 heteroatoms. The highest BCUT2D eigenvalue weighted by atomic mass is 16.4. The molecule has 1 aromatic carbocycles. The second kappa shape index (κ2) is 6.41. The van der Waals surface area contributed by atoms with Crippen molar-refractivity contribution in [2.24, 2.45) is 5.92 Å². The zero-order chi connectivity index (χ0) is 15.4. The number of carbonyl (C=O) groups is 2. The van der Waals surface area contributed by atoms with Gasteiger partial charge in [0.15, 0.2) is 0 Å². The van der Waals surface area contributed by atoms with Crippen LogP contribution in [0, 0.1) is 12.8 Å². The Balaban J connectivity index is 3.17. The molecule has 110 valence electrons. The van der Waals surface area contributed by atoms with E-state index in [2.05, 4.69) is 0 Å². The van der Waals surface area contributed by atoms with Crippen LogP contribution >= 0.6 is 0 Å². The molecule has 1 unspecified atom stereocenters. The van der Waals surface area contributed by atoms with Crippen molar-refractivity contribution in [1.82, 2.24) is 0 Å². The number of hydrogen-bond donors (Lipinski definition) is 2. The fraction of sp³-hybridized carbons (Fsp3) is 0.467. The molecule has 0 saturated carbocycles. The first-order chi connectivity index (χ1) is 9.23. The number of hydrogen-bond acceptors (Lipinski definition) is 3. The molecule has 0 fully saturated rings. The van der Waals surface area contributed by atoms with Gasteiger partial charge in [-0.25, -0.2) is 4.79 Å². The third-order valence-corrected chi connectivity index (χ3v) is 3.28. The lowest BCUT2D eigenvalue weighted by Gasteiger charge is -2.32. The first kappa shape index (κ1) is 16.0. The van der Waals surface area contributed by atoms with Gasteiger partial charge >= 0.3 is 11.9 Å². The maximum absolute atomic E-state index is 11.1. The largest absolute Gasteiger partial charge is 0.481 e. The number of aryl methyl sites for hydroxylation is 1. The van der Waals surface area contributed by atoms with Gasteiger partial charge in [0, 0.05) is 18.3 Å². The van der Waals surface area contributed by atoms with Crippen LogP contribution in [-0.4, -0.2) is 34.7 Å². The van der Waals surface area contributed by atoms with E-state index in [1.807, 2.05) is 25.7 Å². The minimum absolute atomic E-state index is 0.0829. The Morgan fingerprint density at radius 1 is 1.20 bits per heavy atom. The van der Waals surface area contributed by atoms with E-state index in [9.17, 15) is 9.59 Å².